The van der Waals surface area contributed by atoms with Gasteiger partial charge in [0.15, 0.2) is 0 Å². The summed E-state index contributed by atoms with van der Waals surface area (Å²) in [7, 11) is 0. The molecule has 0 aliphatic carbocycles. The number of benzene rings is 1. The first-order chi connectivity index (χ1) is 12.4. The van der Waals surface area contributed by atoms with Gasteiger partial charge in [0.2, 0.25) is 5.91 Å². The number of piperazine rings is 1. The monoisotopic (exact) mass is 356 g/mol. The summed E-state index contributed by atoms with van der Waals surface area (Å²) in [5.74, 6) is 0.124. The molecule has 2 heterocycles. The van der Waals surface area contributed by atoms with E-state index < -0.39 is 0 Å². The summed E-state index contributed by atoms with van der Waals surface area (Å²) in [4.78, 5) is 33.9. The van der Waals surface area contributed by atoms with Crippen molar-refractivity contribution >= 4 is 16.9 Å². The molecule has 0 radical (unpaired) electrons. The summed E-state index contributed by atoms with van der Waals surface area (Å²) >= 11 is 0. The van der Waals surface area contributed by atoms with Crippen molar-refractivity contribution in [3.05, 3.63) is 39.3 Å². The van der Waals surface area contributed by atoms with Crippen molar-refractivity contribution in [2.24, 2.45) is 0 Å². The van der Waals surface area contributed by atoms with Crippen molar-refractivity contribution in [2.45, 2.75) is 40.7 Å². The molecule has 26 heavy (non-hydrogen) atoms. The van der Waals surface area contributed by atoms with Crippen LogP contribution in [0.2, 0.25) is 0 Å². The summed E-state index contributed by atoms with van der Waals surface area (Å²) in [6.07, 6.45) is 0.345. The zero-order valence-corrected chi connectivity index (χ0v) is 16.2. The summed E-state index contributed by atoms with van der Waals surface area (Å²) in [6.45, 7) is 12.8. The van der Waals surface area contributed by atoms with Crippen LogP contribution in [0.1, 0.15) is 30.2 Å². The quantitative estimate of drug-likeness (QED) is 0.839. The Morgan fingerprint density at radius 2 is 1.73 bits per heavy atom. The van der Waals surface area contributed by atoms with Crippen molar-refractivity contribution in [2.75, 3.05) is 32.7 Å². The smallest absolute Gasteiger partial charge is 0.272 e. The maximum absolute atomic E-state index is 12.6. The van der Waals surface area contributed by atoms with Gasteiger partial charge in [-0.1, -0.05) is 6.92 Å². The van der Waals surface area contributed by atoms with E-state index in [2.05, 4.69) is 16.8 Å². The van der Waals surface area contributed by atoms with Gasteiger partial charge < -0.3 is 14.4 Å². The molecule has 6 nitrogen and oxygen atoms in total. The van der Waals surface area contributed by atoms with Gasteiger partial charge in [0.1, 0.15) is 5.69 Å². The van der Waals surface area contributed by atoms with Crippen LogP contribution in [0.3, 0.4) is 0 Å². The van der Waals surface area contributed by atoms with E-state index in [4.69, 9.17) is 0 Å². The SMILES string of the molecule is CCN1CCN(C(=O)CCn2c(=O)c(C)nc3cc(C)c(C)cc32)CC1. The van der Waals surface area contributed by atoms with E-state index in [9.17, 15) is 9.59 Å². The van der Waals surface area contributed by atoms with E-state index in [1.807, 2.05) is 30.9 Å². The minimum atomic E-state index is -0.107. The van der Waals surface area contributed by atoms with Gasteiger partial charge in [0, 0.05) is 39.1 Å². The fourth-order valence-corrected chi connectivity index (χ4v) is 3.53. The lowest BCUT2D eigenvalue weighted by Crippen LogP contribution is -2.48. The molecule has 1 fully saturated rings. The molecule has 0 spiro atoms. The van der Waals surface area contributed by atoms with Gasteiger partial charge in [-0.3, -0.25) is 9.59 Å². The number of aromatic nitrogens is 2. The molecule has 1 aromatic carbocycles. The second-order valence-corrected chi connectivity index (χ2v) is 7.14. The predicted octanol–water partition coefficient (Wildman–Crippen LogP) is 1.88. The number of aryl methyl sites for hydroxylation is 4. The predicted molar refractivity (Wildman–Crippen MR) is 104 cm³/mol. The molecular formula is C20H28N4O2. The lowest BCUT2D eigenvalue weighted by molar-refractivity contribution is -0.133. The topological polar surface area (TPSA) is 58.4 Å². The molecule has 0 saturated carbocycles. The van der Waals surface area contributed by atoms with E-state index in [0.29, 0.717) is 18.7 Å². The van der Waals surface area contributed by atoms with Gasteiger partial charge in [-0.15, -0.1) is 0 Å². The maximum atomic E-state index is 12.6. The molecule has 3 rings (SSSR count). The Balaban J connectivity index is 1.80. The number of nitrogens with zero attached hydrogens (tertiary/aromatic N) is 4. The Morgan fingerprint density at radius 1 is 1.08 bits per heavy atom. The summed E-state index contributed by atoms with van der Waals surface area (Å²) in [5.41, 5.74) is 4.27. The van der Waals surface area contributed by atoms with Crippen molar-refractivity contribution < 1.29 is 4.79 Å². The van der Waals surface area contributed by atoms with Crippen LogP contribution >= 0.6 is 0 Å². The van der Waals surface area contributed by atoms with Crippen molar-refractivity contribution in [1.29, 1.82) is 0 Å². The minimum Gasteiger partial charge on any atom is -0.340 e. The van der Waals surface area contributed by atoms with Gasteiger partial charge in [0.25, 0.3) is 5.56 Å². The van der Waals surface area contributed by atoms with E-state index in [0.717, 1.165) is 54.9 Å². The third-order valence-corrected chi connectivity index (χ3v) is 5.45. The van der Waals surface area contributed by atoms with Crippen LogP contribution in [-0.2, 0) is 11.3 Å². The van der Waals surface area contributed by atoms with Crippen molar-refractivity contribution in [3.63, 3.8) is 0 Å². The highest BCUT2D eigenvalue weighted by Crippen LogP contribution is 2.17. The molecule has 1 saturated heterocycles. The Labute approximate surface area is 154 Å². The number of carbonyl (C=O) groups is 1. The van der Waals surface area contributed by atoms with Crippen LogP contribution in [0.15, 0.2) is 16.9 Å². The van der Waals surface area contributed by atoms with E-state index >= 15 is 0 Å². The average Bonchev–Trinajstić information content (AvgIpc) is 2.64. The van der Waals surface area contributed by atoms with Crippen molar-refractivity contribution in [3.8, 4) is 0 Å². The van der Waals surface area contributed by atoms with Crippen LogP contribution in [0.5, 0.6) is 0 Å². The number of hydrogen-bond acceptors (Lipinski definition) is 4. The summed E-state index contributed by atoms with van der Waals surface area (Å²) in [5, 5.41) is 0. The first kappa shape index (κ1) is 18.6. The third kappa shape index (κ3) is 3.65. The van der Waals surface area contributed by atoms with Crippen LogP contribution in [-0.4, -0.2) is 58.0 Å². The van der Waals surface area contributed by atoms with Gasteiger partial charge in [-0.05, 0) is 50.6 Å². The number of rotatable bonds is 4. The fourth-order valence-electron chi connectivity index (χ4n) is 3.53. The molecule has 1 aliphatic heterocycles. The van der Waals surface area contributed by atoms with Crippen LogP contribution in [0, 0.1) is 20.8 Å². The molecule has 1 aromatic heterocycles. The number of fused-ring (bicyclic) bond motifs is 1. The third-order valence-electron chi connectivity index (χ3n) is 5.45. The maximum Gasteiger partial charge on any atom is 0.272 e. The highest BCUT2D eigenvalue weighted by molar-refractivity contribution is 5.78. The molecule has 1 aliphatic rings. The zero-order valence-electron chi connectivity index (χ0n) is 16.2. The molecule has 140 valence electrons. The molecular weight excluding hydrogens is 328 g/mol. The number of amides is 1. The van der Waals surface area contributed by atoms with Gasteiger partial charge in [-0.25, -0.2) is 4.98 Å². The van der Waals surface area contributed by atoms with Crippen LogP contribution in [0.25, 0.3) is 11.0 Å². The highest BCUT2D eigenvalue weighted by atomic mass is 16.2. The molecule has 0 atom stereocenters. The second kappa shape index (κ2) is 7.58. The first-order valence-corrected chi connectivity index (χ1v) is 9.39. The fraction of sp³-hybridized carbons (Fsp3) is 0.550. The standard InChI is InChI=1S/C20H28N4O2/c1-5-22-8-10-23(11-9-22)19(25)6-7-24-18-13-15(3)14(2)12-17(18)21-16(4)20(24)26/h12-13H,5-11H2,1-4H3. The first-order valence-electron chi connectivity index (χ1n) is 9.39. The van der Waals surface area contributed by atoms with Gasteiger partial charge in [-0.2, -0.15) is 0 Å². The van der Waals surface area contributed by atoms with Crippen LogP contribution < -0.4 is 5.56 Å². The number of carbonyl (C=O) groups excluding carboxylic acids is 1. The van der Waals surface area contributed by atoms with Crippen LogP contribution in [0.4, 0.5) is 0 Å². The lowest BCUT2D eigenvalue weighted by atomic mass is 10.1. The van der Waals surface area contributed by atoms with Gasteiger partial charge in [0.05, 0.1) is 11.0 Å². The van der Waals surface area contributed by atoms with Gasteiger partial charge >= 0.3 is 0 Å². The minimum absolute atomic E-state index is 0.107. The number of likely N-dealkylation sites (N-methyl/N-ethyl adjacent to an activating group) is 1. The molecule has 1 amide bonds. The molecule has 0 N–H and O–H groups in total. The Morgan fingerprint density at radius 3 is 2.38 bits per heavy atom. The molecule has 0 bridgehead atoms. The normalized spacial score (nSPS) is 15.6. The van der Waals surface area contributed by atoms with E-state index in [1.54, 1.807) is 11.5 Å². The lowest BCUT2D eigenvalue weighted by Gasteiger charge is -2.34. The van der Waals surface area contributed by atoms with Crippen molar-refractivity contribution in [1.82, 2.24) is 19.4 Å². The van der Waals surface area contributed by atoms with E-state index in [-0.39, 0.29) is 11.5 Å². The second-order valence-electron chi connectivity index (χ2n) is 7.14. The zero-order chi connectivity index (χ0) is 18.8. The molecule has 6 heteroatoms. The number of hydrogen-bond donors (Lipinski definition) is 0. The summed E-state index contributed by atoms with van der Waals surface area (Å²) < 4.78 is 1.71. The molecule has 0 unspecified atom stereocenters. The summed E-state index contributed by atoms with van der Waals surface area (Å²) in [6, 6.07) is 4.02. The Bertz CT molecular complexity index is 879. The molecule has 2 aromatic rings. The van der Waals surface area contributed by atoms with E-state index in [1.165, 1.54) is 0 Å². The highest BCUT2D eigenvalue weighted by Gasteiger charge is 2.20. The largest absolute Gasteiger partial charge is 0.340 e. The average molecular weight is 356 g/mol. The Kier molecular flexibility index (Phi) is 5.41. The Hall–Kier alpha value is -2.21.